The Morgan fingerprint density at radius 2 is 1.95 bits per heavy atom. The molecule has 1 fully saturated rings. The van der Waals surface area contributed by atoms with Crippen LogP contribution in [0.15, 0.2) is 22.7 Å². The summed E-state index contributed by atoms with van der Waals surface area (Å²) in [6, 6.07) is 6.58. The number of halogens is 1. The third-order valence-corrected chi connectivity index (χ3v) is 4.63. The van der Waals surface area contributed by atoms with E-state index in [9.17, 15) is 4.79 Å². The van der Waals surface area contributed by atoms with Gasteiger partial charge in [0.2, 0.25) is 0 Å². The number of piperidine rings is 1. The zero-order chi connectivity index (χ0) is 16.3. The zero-order valence-corrected chi connectivity index (χ0v) is 15.4. The minimum atomic E-state index is -0.431. The van der Waals surface area contributed by atoms with E-state index in [1.165, 1.54) is 5.56 Å². The van der Waals surface area contributed by atoms with Crippen molar-refractivity contribution in [2.24, 2.45) is 0 Å². The number of hydrogen-bond acceptors (Lipinski definition) is 3. The van der Waals surface area contributed by atoms with Gasteiger partial charge < -0.3 is 15.0 Å². The first-order chi connectivity index (χ1) is 10.3. The summed E-state index contributed by atoms with van der Waals surface area (Å²) in [5, 5.41) is 3.59. The SMILES string of the molecule is Cc1c(Br)cccc1NC1CCN(C(=O)OC(C)(C)C)CC1. The van der Waals surface area contributed by atoms with E-state index in [-0.39, 0.29) is 6.09 Å². The van der Waals surface area contributed by atoms with E-state index >= 15 is 0 Å². The second-order valence-corrected chi connectivity index (χ2v) is 7.65. The Kier molecular flexibility index (Phi) is 5.37. The van der Waals surface area contributed by atoms with Crippen LogP contribution in [0.2, 0.25) is 0 Å². The van der Waals surface area contributed by atoms with Crippen LogP contribution in [0.3, 0.4) is 0 Å². The normalized spacial score (nSPS) is 16.5. The van der Waals surface area contributed by atoms with Gasteiger partial charge >= 0.3 is 6.09 Å². The van der Waals surface area contributed by atoms with Crippen molar-refractivity contribution in [3.63, 3.8) is 0 Å². The molecule has 0 aliphatic carbocycles. The molecule has 22 heavy (non-hydrogen) atoms. The molecule has 0 aromatic heterocycles. The Balaban J connectivity index is 1.87. The first-order valence-corrected chi connectivity index (χ1v) is 8.55. The predicted octanol–water partition coefficient (Wildman–Crippen LogP) is 4.57. The number of rotatable bonds is 2. The number of carbonyl (C=O) groups is 1. The number of ether oxygens (including phenoxy) is 1. The fourth-order valence-corrected chi connectivity index (χ4v) is 2.88. The van der Waals surface area contributed by atoms with Crippen LogP contribution in [-0.2, 0) is 4.74 Å². The van der Waals surface area contributed by atoms with Gasteiger partial charge in [-0.15, -0.1) is 0 Å². The maximum atomic E-state index is 12.1. The summed E-state index contributed by atoms with van der Waals surface area (Å²) in [4.78, 5) is 13.9. The number of nitrogens with zero attached hydrogens (tertiary/aromatic N) is 1. The number of amides is 1. The van der Waals surface area contributed by atoms with Gasteiger partial charge in [0.15, 0.2) is 0 Å². The Morgan fingerprint density at radius 1 is 1.32 bits per heavy atom. The van der Waals surface area contributed by atoms with Crippen LogP contribution in [0, 0.1) is 6.92 Å². The third kappa shape index (κ3) is 4.63. The average Bonchev–Trinajstić information content (AvgIpc) is 2.43. The van der Waals surface area contributed by atoms with E-state index in [2.05, 4.69) is 34.2 Å². The number of hydrogen-bond donors (Lipinski definition) is 1. The molecule has 5 heteroatoms. The molecular formula is C17H25BrN2O2. The zero-order valence-electron chi connectivity index (χ0n) is 13.8. The summed E-state index contributed by atoms with van der Waals surface area (Å²) < 4.78 is 6.54. The van der Waals surface area contributed by atoms with Crippen LogP contribution >= 0.6 is 15.9 Å². The number of benzene rings is 1. The summed E-state index contributed by atoms with van der Waals surface area (Å²) in [5.41, 5.74) is 1.95. The van der Waals surface area contributed by atoms with Crippen molar-refractivity contribution >= 4 is 27.7 Å². The fraction of sp³-hybridized carbons (Fsp3) is 0.588. The van der Waals surface area contributed by atoms with Crippen LogP contribution in [0.5, 0.6) is 0 Å². The molecule has 4 nitrogen and oxygen atoms in total. The summed E-state index contributed by atoms with van der Waals surface area (Å²) in [6.07, 6.45) is 1.67. The second kappa shape index (κ2) is 6.90. The lowest BCUT2D eigenvalue weighted by atomic mass is 10.0. The Bertz CT molecular complexity index is 532. The van der Waals surface area contributed by atoms with Crippen molar-refractivity contribution in [3.05, 3.63) is 28.2 Å². The number of anilines is 1. The Hall–Kier alpha value is -1.23. The first-order valence-electron chi connectivity index (χ1n) is 7.76. The van der Waals surface area contributed by atoms with Crippen LogP contribution in [0.4, 0.5) is 10.5 Å². The van der Waals surface area contributed by atoms with E-state index in [1.54, 1.807) is 4.90 Å². The molecule has 2 rings (SSSR count). The Labute approximate surface area is 141 Å². The molecular weight excluding hydrogens is 344 g/mol. The molecule has 1 heterocycles. The molecule has 0 spiro atoms. The molecule has 0 radical (unpaired) electrons. The van der Waals surface area contributed by atoms with Crippen molar-refractivity contribution in [2.45, 2.75) is 52.2 Å². The van der Waals surface area contributed by atoms with Gasteiger partial charge in [-0.2, -0.15) is 0 Å². The van der Waals surface area contributed by atoms with Gasteiger partial charge in [-0.3, -0.25) is 0 Å². The maximum absolute atomic E-state index is 12.1. The first kappa shape index (κ1) is 17.1. The highest BCUT2D eigenvalue weighted by Gasteiger charge is 2.26. The molecule has 1 saturated heterocycles. The molecule has 0 atom stereocenters. The van der Waals surface area contributed by atoms with Gasteiger partial charge in [-0.05, 0) is 58.2 Å². The van der Waals surface area contributed by atoms with Crippen molar-refractivity contribution in [2.75, 3.05) is 18.4 Å². The Morgan fingerprint density at radius 3 is 2.55 bits per heavy atom. The molecule has 122 valence electrons. The highest BCUT2D eigenvalue weighted by molar-refractivity contribution is 9.10. The molecule has 0 bridgehead atoms. The molecule has 1 aromatic carbocycles. The van der Waals surface area contributed by atoms with Crippen molar-refractivity contribution in [3.8, 4) is 0 Å². The molecule has 1 amide bonds. The number of nitrogens with one attached hydrogen (secondary N) is 1. The van der Waals surface area contributed by atoms with Gasteiger partial charge in [0.05, 0.1) is 0 Å². The summed E-state index contributed by atoms with van der Waals surface area (Å²) in [6.45, 7) is 9.27. The van der Waals surface area contributed by atoms with E-state index < -0.39 is 5.60 Å². The van der Waals surface area contributed by atoms with Crippen LogP contribution in [0.25, 0.3) is 0 Å². The lowest BCUT2D eigenvalue weighted by molar-refractivity contribution is 0.0210. The molecule has 1 aliphatic rings. The fourth-order valence-electron chi connectivity index (χ4n) is 2.52. The van der Waals surface area contributed by atoms with E-state index in [1.807, 2.05) is 32.9 Å². The number of likely N-dealkylation sites (tertiary alicyclic amines) is 1. The average molecular weight is 369 g/mol. The molecule has 1 aliphatic heterocycles. The minimum absolute atomic E-state index is 0.204. The standard InChI is InChI=1S/C17H25BrN2O2/c1-12-14(18)6-5-7-15(12)19-13-8-10-20(11-9-13)16(21)22-17(2,3)4/h5-7,13,19H,8-11H2,1-4H3. The monoisotopic (exact) mass is 368 g/mol. The van der Waals surface area contributed by atoms with Crippen LogP contribution < -0.4 is 5.32 Å². The largest absolute Gasteiger partial charge is 0.444 e. The smallest absolute Gasteiger partial charge is 0.410 e. The lowest BCUT2D eigenvalue weighted by Crippen LogP contribution is -2.44. The van der Waals surface area contributed by atoms with Gasteiger partial charge in [-0.1, -0.05) is 22.0 Å². The van der Waals surface area contributed by atoms with E-state index in [0.717, 1.165) is 36.1 Å². The van der Waals surface area contributed by atoms with Crippen molar-refractivity contribution in [1.29, 1.82) is 0 Å². The predicted molar refractivity (Wildman–Crippen MR) is 93.3 cm³/mol. The summed E-state index contributed by atoms with van der Waals surface area (Å²) in [7, 11) is 0. The maximum Gasteiger partial charge on any atom is 0.410 e. The van der Waals surface area contributed by atoms with E-state index in [0.29, 0.717) is 6.04 Å². The van der Waals surface area contributed by atoms with Gasteiger partial charge in [0, 0.05) is 29.3 Å². The minimum Gasteiger partial charge on any atom is -0.444 e. The lowest BCUT2D eigenvalue weighted by Gasteiger charge is -2.34. The van der Waals surface area contributed by atoms with Crippen molar-refractivity contribution in [1.82, 2.24) is 4.90 Å². The molecule has 0 saturated carbocycles. The second-order valence-electron chi connectivity index (χ2n) is 6.80. The van der Waals surface area contributed by atoms with Gasteiger partial charge in [-0.25, -0.2) is 4.79 Å². The van der Waals surface area contributed by atoms with Gasteiger partial charge in [0.25, 0.3) is 0 Å². The number of carbonyl (C=O) groups excluding carboxylic acids is 1. The molecule has 0 unspecified atom stereocenters. The highest BCUT2D eigenvalue weighted by atomic mass is 79.9. The van der Waals surface area contributed by atoms with Crippen LogP contribution in [-0.4, -0.2) is 35.7 Å². The summed E-state index contributed by atoms with van der Waals surface area (Å²) in [5.74, 6) is 0. The van der Waals surface area contributed by atoms with E-state index in [4.69, 9.17) is 4.74 Å². The molecule has 1 aromatic rings. The third-order valence-electron chi connectivity index (χ3n) is 3.77. The summed E-state index contributed by atoms with van der Waals surface area (Å²) >= 11 is 3.56. The van der Waals surface area contributed by atoms with Crippen molar-refractivity contribution < 1.29 is 9.53 Å². The quantitative estimate of drug-likeness (QED) is 0.830. The topological polar surface area (TPSA) is 41.6 Å². The van der Waals surface area contributed by atoms with Gasteiger partial charge in [0.1, 0.15) is 5.60 Å². The highest BCUT2D eigenvalue weighted by Crippen LogP contribution is 2.26. The molecule has 1 N–H and O–H groups in total. The van der Waals surface area contributed by atoms with Crippen LogP contribution in [0.1, 0.15) is 39.2 Å².